The lowest BCUT2D eigenvalue weighted by Crippen LogP contribution is -2.06. The molecule has 0 aromatic carbocycles. The third-order valence-corrected chi connectivity index (χ3v) is 1.47. The van der Waals surface area contributed by atoms with Gasteiger partial charge in [0.1, 0.15) is 0 Å². The van der Waals surface area contributed by atoms with Crippen molar-refractivity contribution >= 4 is 0 Å². The lowest BCUT2D eigenvalue weighted by Gasteiger charge is -2.05. The van der Waals surface area contributed by atoms with E-state index in [-0.39, 0.29) is 13.0 Å². The van der Waals surface area contributed by atoms with Crippen molar-refractivity contribution in [2.45, 2.75) is 32.4 Å². The molecule has 0 saturated carbocycles. The smallest absolute Gasteiger partial charge is 0.389 e. The molecule has 0 rings (SSSR count). The van der Waals surface area contributed by atoms with Gasteiger partial charge in [0.05, 0.1) is 6.61 Å². The molecule has 4 heteroatoms. The first-order valence-corrected chi connectivity index (χ1v) is 3.79. The number of allylic oxidation sites excluding steroid dienone is 1. The molecule has 12 heavy (non-hydrogen) atoms. The highest BCUT2D eigenvalue weighted by Gasteiger charge is 2.25. The molecule has 0 radical (unpaired) electrons. The van der Waals surface area contributed by atoms with Gasteiger partial charge >= 0.3 is 6.18 Å². The van der Waals surface area contributed by atoms with Gasteiger partial charge < -0.3 is 5.11 Å². The van der Waals surface area contributed by atoms with E-state index in [1.807, 2.05) is 0 Å². The van der Waals surface area contributed by atoms with Crippen LogP contribution in [0.5, 0.6) is 0 Å². The van der Waals surface area contributed by atoms with Gasteiger partial charge in [0, 0.05) is 6.42 Å². The zero-order valence-corrected chi connectivity index (χ0v) is 6.99. The van der Waals surface area contributed by atoms with Crippen LogP contribution in [-0.4, -0.2) is 17.9 Å². The first-order chi connectivity index (χ1) is 5.45. The Labute approximate surface area is 69.9 Å². The number of aliphatic hydroxyl groups excluding tert-OH is 1. The Balaban J connectivity index is 3.50. The second-order valence-electron chi connectivity index (χ2n) is 2.70. The number of alkyl halides is 3. The summed E-state index contributed by atoms with van der Waals surface area (Å²) in [4.78, 5) is 0. The van der Waals surface area contributed by atoms with Crippen LogP contribution in [0, 0.1) is 0 Å². The van der Waals surface area contributed by atoms with E-state index in [2.05, 4.69) is 0 Å². The highest BCUT2D eigenvalue weighted by Crippen LogP contribution is 2.23. The predicted molar refractivity (Wildman–Crippen MR) is 40.7 cm³/mol. The van der Waals surface area contributed by atoms with E-state index in [1.54, 1.807) is 6.92 Å². The molecular formula is C8H13F3O. The third-order valence-electron chi connectivity index (χ3n) is 1.47. The summed E-state index contributed by atoms with van der Waals surface area (Å²) in [5.74, 6) is 0. The highest BCUT2D eigenvalue weighted by molar-refractivity contribution is 4.97. The first-order valence-electron chi connectivity index (χ1n) is 3.79. The van der Waals surface area contributed by atoms with Gasteiger partial charge in [0.25, 0.3) is 0 Å². The number of rotatable bonds is 4. The molecule has 0 bridgehead atoms. The van der Waals surface area contributed by atoms with Gasteiger partial charge in [-0.2, -0.15) is 13.2 Å². The lowest BCUT2D eigenvalue weighted by molar-refractivity contribution is -0.135. The average molecular weight is 182 g/mol. The zero-order chi connectivity index (χ0) is 9.61. The Hall–Kier alpha value is -0.510. The average Bonchev–Trinajstić information content (AvgIpc) is 1.84. The minimum atomic E-state index is -4.06. The fourth-order valence-electron chi connectivity index (χ4n) is 0.826. The van der Waals surface area contributed by atoms with Crippen molar-refractivity contribution in [1.29, 1.82) is 0 Å². The minimum absolute atomic E-state index is 0.0994. The topological polar surface area (TPSA) is 20.2 Å². The fourth-order valence-corrected chi connectivity index (χ4v) is 0.826. The lowest BCUT2D eigenvalue weighted by atomic mass is 10.1. The van der Waals surface area contributed by atoms with E-state index in [1.165, 1.54) is 6.08 Å². The maximum absolute atomic E-state index is 11.6. The molecular weight excluding hydrogens is 169 g/mol. The molecule has 0 unspecified atom stereocenters. The van der Waals surface area contributed by atoms with E-state index >= 15 is 0 Å². The van der Waals surface area contributed by atoms with Crippen LogP contribution in [0.4, 0.5) is 13.2 Å². The van der Waals surface area contributed by atoms with E-state index in [9.17, 15) is 13.2 Å². The summed E-state index contributed by atoms with van der Waals surface area (Å²) < 4.78 is 34.9. The normalized spacial score (nSPS) is 13.6. The maximum atomic E-state index is 11.6. The standard InChI is InChI=1S/C8H13F3O/c1-7(4-6-12)3-2-5-8(9,10)11/h4,12H,2-3,5-6H2,1H3/b7-4+. The van der Waals surface area contributed by atoms with Crippen molar-refractivity contribution in [2.24, 2.45) is 0 Å². The largest absolute Gasteiger partial charge is 0.392 e. The van der Waals surface area contributed by atoms with Crippen molar-refractivity contribution in [2.75, 3.05) is 6.61 Å². The van der Waals surface area contributed by atoms with Crippen LogP contribution >= 0.6 is 0 Å². The maximum Gasteiger partial charge on any atom is 0.389 e. The molecule has 0 heterocycles. The van der Waals surface area contributed by atoms with Crippen molar-refractivity contribution in [3.05, 3.63) is 11.6 Å². The fraction of sp³-hybridized carbons (Fsp3) is 0.750. The van der Waals surface area contributed by atoms with Crippen LogP contribution in [0.1, 0.15) is 26.2 Å². The van der Waals surface area contributed by atoms with Crippen molar-refractivity contribution in [1.82, 2.24) is 0 Å². The third kappa shape index (κ3) is 7.60. The van der Waals surface area contributed by atoms with Gasteiger partial charge in [-0.15, -0.1) is 0 Å². The van der Waals surface area contributed by atoms with Gasteiger partial charge in [0.2, 0.25) is 0 Å². The van der Waals surface area contributed by atoms with Gasteiger partial charge in [-0.1, -0.05) is 11.6 Å². The zero-order valence-electron chi connectivity index (χ0n) is 6.99. The molecule has 0 amide bonds. The van der Waals surface area contributed by atoms with Gasteiger partial charge in [-0.3, -0.25) is 0 Å². The number of halogens is 3. The quantitative estimate of drug-likeness (QED) is 0.662. The van der Waals surface area contributed by atoms with Crippen LogP contribution in [0.3, 0.4) is 0 Å². The SMILES string of the molecule is C/C(=C\CO)CCCC(F)(F)F. The van der Waals surface area contributed by atoms with Crippen molar-refractivity contribution in [3.63, 3.8) is 0 Å². The molecule has 0 aliphatic heterocycles. The molecule has 0 aromatic heterocycles. The van der Waals surface area contributed by atoms with E-state index in [0.717, 1.165) is 5.57 Å². The Kier molecular flexibility index (Phi) is 4.97. The van der Waals surface area contributed by atoms with Crippen molar-refractivity contribution in [3.8, 4) is 0 Å². The Morgan fingerprint density at radius 2 is 2.00 bits per heavy atom. The van der Waals surface area contributed by atoms with Gasteiger partial charge in [0.15, 0.2) is 0 Å². The van der Waals surface area contributed by atoms with E-state index in [0.29, 0.717) is 6.42 Å². The molecule has 0 spiro atoms. The van der Waals surface area contributed by atoms with Crippen LogP contribution in [0.2, 0.25) is 0 Å². The van der Waals surface area contributed by atoms with Crippen LogP contribution in [-0.2, 0) is 0 Å². The summed E-state index contributed by atoms with van der Waals surface area (Å²) in [5.41, 5.74) is 0.807. The molecule has 0 atom stereocenters. The van der Waals surface area contributed by atoms with E-state index in [4.69, 9.17) is 5.11 Å². The van der Waals surface area contributed by atoms with E-state index < -0.39 is 12.6 Å². The number of hydrogen-bond donors (Lipinski definition) is 1. The minimum Gasteiger partial charge on any atom is -0.392 e. The molecule has 1 N–H and O–H groups in total. The molecule has 72 valence electrons. The number of hydrogen-bond acceptors (Lipinski definition) is 1. The second kappa shape index (κ2) is 5.19. The molecule has 0 aromatic rings. The highest BCUT2D eigenvalue weighted by atomic mass is 19.4. The van der Waals surface area contributed by atoms with Crippen LogP contribution < -0.4 is 0 Å². The van der Waals surface area contributed by atoms with Crippen LogP contribution in [0.25, 0.3) is 0 Å². The summed E-state index contributed by atoms with van der Waals surface area (Å²) in [6.07, 6.45) is -2.77. The molecule has 0 aliphatic carbocycles. The van der Waals surface area contributed by atoms with Crippen molar-refractivity contribution < 1.29 is 18.3 Å². The number of aliphatic hydroxyl groups is 1. The monoisotopic (exact) mass is 182 g/mol. The Morgan fingerprint density at radius 3 is 2.42 bits per heavy atom. The summed E-state index contributed by atoms with van der Waals surface area (Å²) in [5, 5.41) is 8.40. The summed E-state index contributed by atoms with van der Waals surface area (Å²) in [7, 11) is 0. The first kappa shape index (κ1) is 11.5. The predicted octanol–water partition coefficient (Wildman–Crippen LogP) is 2.66. The Morgan fingerprint density at radius 1 is 1.42 bits per heavy atom. The van der Waals surface area contributed by atoms with Gasteiger partial charge in [-0.05, 0) is 19.8 Å². The summed E-state index contributed by atoms with van der Waals surface area (Å²) >= 11 is 0. The molecule has 0 aliphatic rings. The molecule has 0 saturated heterocycles. The summed E-state index contributed by atoms with van der Waals surface area (Å²) in [6.45, 7) is 1.62. The Bertz CT molecular complexity index is 149. The van der Waals surface area contributed by atoms with Gasteiger partial charge in [-0.25, -0.2) is 0 Å². The summed E-state index contributed by atoms with van der Waals surface area (Å²) in [6, 6.07) is 0. The molecule has 0 fully saturated rings. The van der Waals surface area contributed by atoms with Crippen LogP contribution in [0.15, 0.2) is 11.6 Å². The second-order valence-corrected chi connectivity index (χ2v) is 2.70. The molecule has 1 nitrogen and oxygen atoms in total.